The van der Waals surface area contributed by atoms with Gasteiger partial charge >= 0.3 is 0 Å². The highest BCUT2D eigenvalue weighted by Gasteiger charge is 2.16. The molecule has 3 N–H and O–H groups in total. The number of aromatic nitrogens is 2. The number of alkyl halides is 1. The van der Waals surface area contributed by atoms with E-state index in [4.69, 9.17) is 9.94 Å². The lowest BCUT2D eigenvalue weighted by atomic mass is 10.1. The number of hydrogen-bond donors (Lipinski definition) is 2. The average molecular weight is 392 g/mol. The first-order valence-electron chi connectivity index (χ1n) is 5.65. The fourth-order valence-corrected chi connectivity index (χ4v) is 2.52. The van der Waals surface area contributed by atoms with Crippen LogP contribution in [0, 0.1) is 0 Å². The van der Waals surface area contributed by atoms with Gasteiger partial charge in [-0.15, -0.1) is 0 Å². The first-order valence-corrected chi connectivity index (χ1v) is 7.57. The van der Waals surface area contributed by atoms with Crippen molar-refractivity contribution in [1.29, 1.82) is 0 Å². The molecule has 0 bridgehead atoms. The van der Waals surface area contributed by atoms with Gasteiger partial charge in [0.2, 0.25) is 0 Å². The lowest BCUT2D eigenvalue weighted by molar-refractivity contribution is -0.825. The second-order valence-electron chi connectivity index (χ2n) is 3.89. The van der Waals surface area contributed by atoms with Crippen molar-refractivity contribution in [2.45, 2.75) is 0 Å². The molecule has 7 heteroatoms. The first-order chi connectivity index (χ1) is 9.17. The van der Waals surface area contributed by atoms with E-state index in [9.17, 15) is 0 Å². The van der Waals surface area contributed by atoms with Crippen LogP contribution >= 0.6 is 31.9 Å². The average Bonchev–Trinajstić information content (AvgIpc) is 2.76. The van der Waals surface area contributed by atoms with Crippen molar-refractivity contribution in [2.75, 3.05) is 11.9 Å². The van der Waals surface area contributed by atoms with E-state index in [2.05, 4.69) is 37.0 Å². The van der Waals surface area contributed by atoms with Crippen LogP contribution in [0.5, 0.6) is 5.75 Å². The highest BCUT2D eigenvalue weighted by atomic mass is 79.9. The predicted molar refractivity (Wildman–Crippen MR) is 79.0 cm³/mol. The van der Waals surface area contributed by atoms with E-state index in [-0.39, 0.29) is 0 Å². The second-order valence-corrected chi connectivity index (χ2v) is 5.53. The van der Waals surface area contributed by atoms with Crippen LogP contribution in [0.1, 0.15) is 0 Å². The number of ether oxygens (including phenoxy) is 1. The Balaban J connectivity index is 2.52. The molecule has 0 aliphatic heterocycles. The molecular formula is C12H14Br2N3O2+. The van der Waals surface area contributed by atoms with Crippen LogP contribution in [0.15, 0.2) is 28.9 Å². The normalized spacial score (nSPS) is 10.7. The van der Waals surface area contributed by atoms with Crippen molar-refractivity contribution in [3.8, 4) is 17.0 Å². The number of aryl methyl sites for hydroxylation is 1. The minimum absolute atomic E-state index is 0.574. The molecule has 1 aromatic carbocycles. The van der Waals surface area contributed by atoms with Gasteiger partial charge < -0.3 is 4.74 Å². The topological polar surface area (TPSA) is 63.9 Å². The van der Waals surface area contributed by atoms with E-state index >= 15 is 0 Å². The Morgan fingerprint density at radius 2 is 2.26 bits per heavy atom. The predicted octanol–water partition coefficient (Wildman–Crippen LogP) is 2.21. The van der Waals surface area contributed by atoms with E-state index in [0.29, 0.717) is 12.3 Å². The Hall–Kier alpha value is -0.890. The molecule has 0 saturated heterocycles. The van der Waals surface area contributed by atoms with Gasteiger partial charge in [-0.25, -0.2) is 5.21 Å². The molecule has 2 aromatic rings. The second kappa shape index (κ2) is 6.51. The minimum Gasteiger partial charge on any atom is -0.492 e. The molecule has 0 spiro atoms. The molecule has 2 rings (SSSR count). The SMILES string of the molecule is Cn1ncc(Br)c1-c1cc([NH2+]O)ccc1OCCBr. The summed E-state index contributed by atoms with van der Waals surface area (Å²) < 4.78 is 8.36. The van der Waals surface area contributed by atoms with Gasteiger partial charge in [0, 0.05) is 30.1 Å². The Labute approximate surface area is 127 Å². The lowest BCUT2D eigenvalue weighted by Crippen LogP contribution is -2.73. The van der Waals surface area contributed by atoms with Crippen molar-refractivity contribution >= 4 is 37.5 Å². The van der Waals surface area contributed by atoms with Crippen molar-refractivity contribution < 1.29 is 15.4 Å². The van der Waals surface area contributed by atoms with Crippen molar-refractivity contribution in [2.24, 2.45) is 7.05 Å². The summed E-state index contributed by atoms with van der Waals surface area (Å²) in [5.41, 5.74) is 3.58. The van der Waals surface area contributed by atoms with E-state index in [1.807, 2.05) is 19.2 Å². The number of nitrogens with two attached hydrogens (primary N) is 1. The maximum Gasteiger partial charge on any atom is 0.162 e. The smallest absolute Gasteiger partial charge is 0.162 e. The largest absolute Gasteiger partial charge is 0.492 e. The Bertz CT molecular complexity index is 553. The number of hydrogen-bond acceptors (Lipinski definition) is 3. The summed E-state index contributed by atoms with van der Waals surface area (Å²) >= 11 is 6.82. The van der Waals surface area contributed by atoms with Crippen LogP contribution in [-0.4, -0.2) is 26.9 Å². The third-order valence-electron chi connectivity index (χ3n) is 2.64. The zero-order valence-corrected chi connectivity index (χ0v) is 13.5. The third kappa shape index (κ3) is 3.17. The van der Waals surface area contributed by atoms with Crippen LogP contribution in [-0.2, 0) is 7.05 Å². The summed E-state index contributed by atoms with van der Waals surface area (Å²) in [5.74, 6) is 0.759. The molecule has 5 nitrogen and oxygen atoms in total. The van der Waals surface area contributed by atoms with Gasteiger partial charge in [-0.1, -0.05) is 15.9 Å². The Morgan fingerprint density at radius 3 is 2.84 bits per heavy atom. The summed E-state index contributed by atoms with van der Waals surface area (Å²) in [6.45, 7) is 0.574. The summed E-state index contributed by atoms with van der Waals surface area (Å²) in [7, 11) is 1.86. The molecule has 1 heterocycles. The van der Waals surface area contributed by atoms with Crippen LogP contribution in [0.2, 0.25) is 0 Å². The molecule has 1 aromatic heterocycles. The number of rotatable bonds is 5. The Morgan fingerprint density at radius 1 is 1.47 bits per heavy atom. The Kier molecular flexibility index (Phi) is 4.98. The van der Waals surface area contributed by atoms with E-state index in [1.54, 1.807) is 16.9 Å². The standard InChI is InChI=1S/C12H13Br2N3O2/c1-17-12(10(14)7-15-17)9-6-8(16-18)2-3-11(9)19-5-4-13/h2-3,6-7,16,18H,4-5H2,1H3/p+1. The molecule has 0 fully saturated rings. The molecule has 0 saturated carbocycles. The number of benzene rings is 1. The van der Waals surface area contributed by atoms with Crippen molar-refractivity contribution in [3.63, 3.8) is 0 Å². The van der Waals surface area contributed by atoms with Gasteiger partial charge in [0.05, 0.1) is 23.0 Å². The zero-order chi connectivity index (χ0) is 13.8. The van der Waals surface area contributed by atoms with Gasteiger partial charge in [-0.05, 0) is 22.0 Å². The molecule has 0 aliphatic carbocycles. The first kappa shape index (κ1) is 14.5. The molecule has 102 valence electrons. The molecule has 19 heavy (non-hydrogen) atoms. The number of halogens is 2. The quantitative estimate of drug-likeness (QED) is 0.466. The summed E-state index contributed by atoms with van der Waals surface area (Å²) in [5, 5.41) is 14.1. The fourth-order valence-electron chi connectivity index (χ4n) is 1.80. The van der Waals surface area contributed by atoms with E-state index in [1.165, 1.54) is 0 Å². The maximum atomic E-state index is 9.16. The van der Waals surface area contributed by atoms with Crippen molar-refractivity contribution in [3.05, 3.63) is 28.9 Å². The minimum atomic E-state index is 0.574. The zero-order valence-electron chi connectivity index (χ0n) is 10.3. The molecule has 0 radical (unpaired) electrons. The van der Waals surface area contributed by atoms with Crippen LogP contribution < -0.4 is 10.2 Å². The molecule has 0 aliphatic rings. The van der Waals surface area contributed by atoms with Gasteiger partial charge in [0.1, 0.15) is 5.75 Å². The van der Waals surface area contributed by atoms with Gasteiger partial charge in [-0.2, -0.15) is 10.6 Å². The monoisotopic (exact) mass is 390 g/mol. The summed E-state index contributed by atoms with van der Waals surface area (Å²) in [4.78, 5) is 0. The molecular weight excluding hydrogens is 378 g/mol. The van der Waals surface area contributed by atoms with Crippen LogP contribution in [0.4, 0.5) is 5.69 Å². The third-order valence-corrected chi connectivity index (χ3v) is 3.54. The summed E-state index contributed by atoms with van der Waals surface area (Å²) in [6, 6.07) is 5.52. The van der Waals surface area contributed by atoms with E-state index < -0.39 is 0 Å². The van der Waals surface area contributed by atoms with Crippen LogP contribution in [0.3, 0.4) is 0 Å². The summed E-state index contributed by atoms with van der Waals surface area (Å²) in [6.07, 6.45) is 1.74. The van der Waals surface area contributed by atoms with Gasteiger partial charge in [-0.3, -0.25) is 4.68 Å². The lowest BCUT2D eigenvalue weighted by Gasteiger charge is -2.12. The van der Waals surface area contributed by atoms with E-state index in [0.717, 1.165) is 32.3 Å². The maximum absolute atomic E-state index is 9.16. The molecule has 0 amide bonds. The molecule has 0 atom stereocenters. The number of nitrogens with zero attached hydrogens (tertiary/aromatic N) is 2. The van der Waals surface area contributed by atoms with Gasteiger partial charge in [0.15, 0.2) is 5.69 Å². The molecule has 0 unspecified atom stereocenters. The van der Waals surface area contributed by atoms with Crippen LogP contribution in [0.25, 0.3) is 11.3 Å². The number of quaternary nitrogens is 1. The highest BCUT2D eigenvalue weighted by Crippen LogP contribution is 2.35. The highest BCUT2D eigenvalue weighted by molar-refractivity contribution is 9.10. The van der Waals surface area contributed by atoms with Gasteiger partial charge in [0.25, 0.3) is 0 Å². The van der Waals surface area contributed by atoms with Crippen molar-refractivity contribution in [1.82, 2.24) is 9.78 Å². The fraction of sp³-hybridized carbons (Fsp3) is 0.250.